The summed E-state index contributed by atoms with van der Waals surface area (Å²) in [5, 5.41) is 6.40. The Morgan fingerprint density at radius 1 is 1.20 bits per heavy atom. The van der Waals surface area contributed by atoms with Gasteiger partial charge in [0.2, 0.25) is 5.13 Å². The van der Waals surface area contributed by atoms with Crippen LogP contribution in [0.15, 0.2) is 52.9 Å². The molecule has 0 aliphatic rings. The molecule has 128 valence electrons. The number of benzene rings is 2. The van der Waals surface area contributed by atoms with E-state index in [1.165, 1.54) is 11.3 Å². The number of thiazole rings is 1. The maximum absolute atomic E-state index is 13.2. The second kappa shape index (κ2) is 7.71. The van der Waals surface area contributed by atoms with Crippen LogP contribution in [-0.2, 0) is 6.61 Å². The standard InChI is InChI=1S/C17H14F2N4OS/c18-13-5-14(19)7-15(6-13)24-9-12-4-2-1-3-11(12)8-21-23-17-22-16(20)10-25-17/h1-8,10H,9,20H2,(H,22,23). The van der Waals surface area contributed by atoms with Crippen LogP contribution in [0.5, 0.6) is 5.75 Å². The number of rotatable bonds is 6. The monoisotopic (exact) mass is 360 g/mol. The first-order valence-electron chi connectivity index (χ1n) is 7.27. The average molecular weight is 360 g/mol. The Bertz CT molecular complexity index is 878. The lowest BCUT2D eigenvalue weighted by molar-refractivity contribution is 0.302. The number of ether oxygens (including phenoxy) is 1. The van der Waals surface area contributed by atoms with Crippen molar-refractivity contribution in [1.29, 1.82) is 0 Å². The molecule has 1 aromatic heterocycles. The quantitative estimate of drug-likeness (QED) is 0.514. The Morgan fingerprint density at radius 3 is 2.68 bits per heavy atom. The second-order valence-corrected chi connectivity index (χ2v) is 5.90. The van der Waals surface area contributed by atoms with Crippen molar-refractivity contribution >= 4 is 28.5 Å². The molecule has 0 saturated carbocycles. The molecule has 0 aliphatic heterocycles. The third kappa shape index (κ3) is 4.74. The van der Waals surface area contributed by atoms with Gasteiger partial charge in [-0.3, -0.25) is 5.43 Å². The fourth-order valence-corrected chi connectivity index (χ4v) is 2.61. The van der Waals surface area contributed by atoms with Gasteiger partial charge in [0.1, 0.15) is 29.8 Å². The maximum atomic E-state index is 13.2. The van der Waals surface area contributed by atoms with Crippen molar-refractivity contribution in [2.24, 2.45) is 5.10 Å². The first kappa shape index (κ1) is 16.8. The van der Waals surface area contributed by atoms with Gasteiger partial charge in [-0.05, 0) is 5.56 Å². The molecule has 0 saturated heterocycles. The van der Waals surface area contributed by atoms with Crippen LogP contribution in [0, 0.1) is 11.6 Å². The van der Waals surface area contributed by atoms with Gasteiger partial charge in [0, 0.05) is 29.1 Å². The second-order valence-electron chi connectivity index (χ2n) is 5.04. The summed E-state index contributed by atoms with van der Waals surface area (Å²) in [5.74, 6) is -0.812. The molecule has 8 heteroatoms. The number of nitrogen functional groups attached to an aromatic ring is 1. The van der Waals surface area contributed by atoms with Crippen LogP contribution in [0.4, 0.5) is 19.7 Å². The average Bonchev–Trinajstić information content (AvgIpc) is 2.98. The first-order chi connectivity index (χ1) is 12.1. The van der Waals surface area contributed by atoms with Gasteiger partial charge in [0.05, 0.1) is 6.21 Å². The molecule has 0 radical (unpaired) electrons. The Kier molecular flexibility index (Phi) is 5.20. The minimum absolute atomic E-state index is 0.126. The van der Waals surface area contributed by atoms with E-state index >= 15 is 0 Å². The normalized spacial score (nSPS) is 11.0. The Balaban J connectivity index is 1.67. The van der Waals surface area contributed by atoms with E-state index in [-0.39, 0.29) is 12.4 Å². The molecule has 3 aromatic rings. The molecule has 3 N–H and O–H groups in total. The number of hydrogen-bond acceptors (Lipinski definition) is 6. The van der Waals surface area contributed by atoms with Crippen LogP contribution >= 0.6 is 11.3 Å². The van der Waals surface area contributed by atoms with Crippen LogP contribution in [0.2, 0.25) is 0 Å². The molecule has 0 bridgehead atoms. The number of anilines is 2. The lowest BCUT2D eigenvalue weighted by atomic mass is 10.1. The molecular weight excluding hydrogens is 346 g/mol. The molecule has 2 aromatic carbocycles. The summed E-state index contributed by atoms with van der Waals surface area (Å²) in [7, 11) is 0. The van der Waals surface area contributed by atoms with Gasteiger partial charge in [-0.15, -0.1) is 11.3 Å². The van der Waals surface area contributed by atoms with Crippen molar-refractivity contribution in [3.8, 4) is 5.75 Å². The summed E-state index contributed by atoms with van der Waals surface area (Å²) < 4.78 is 31.9. The molecule has 0 unspecified atom stereocenters. The highest BCUT2D eigenvalue weighted by molar-refractivity contribution is 7.14. The van der Waals surface area contributed by atoms with E-state index in [1.54, 1.807) is 11.6 Å². The Hall–Kier alpha value is -3.00. The lowest BCUT2D eigenvalue weighted by Crippen LogP contribution is -2.01. The zero-order chi connectivity index (χ0) is 17.6. The van der Waals surface area contributed by atoms with Crippen molar-refractivity contribution in [2.75, 3.05) is 11.2 Å². The molecular formula is C17H14F2N4OS. The van der Waals surface area contributed by atoms with Gasteiger partial charge in [0.25, 0.3) is 0 Å². The van der Waals surface area contributed by atoms with Crippen molar-refractivity contribution in [2.45, 2.75) is 6.61 Å². The van der Waals surface area contributed by atoms with Gasteiger partial charge >= 0.3 is 0 Å². The number of hydrogen-bond donors (Lipinski definition) is 2. The number of halogens is 2. The van der Waals surface area contributed by atoms with E-state index in [4.69, 9.17) is 10.5 Å². The van der Waals surface area contributed by atoms with Crippen LogP contribution in [0.25, 0.3) is 0 Å². The van der Waals surface area contributed by atoms with E-state index in [0.29, 0.717) is 10.9 Å². The molecule has 0 atom stereocenters. The number of aromatic nitrogens is 1. The van der Waals surface area contributed by atoms with Crippen molar-refractivity contribution in [3.05, 3.63) is 70.6 Å². The zero-order valence-electron chi connectivity index (χ0n) is 12.9. The van der Waals surface area contributed by atoms with Gasteiger partial charge in [-0.25, -0.2) is 13.8 Å². The van der Waals surface area contributed by atoms with E-state index in [2.05, 4.69) is 15.5 Å². The Labute approximate surface area is 146 Å². The molecule has 5 nitrogen and oxygen atoms in total. The summed E-state index contributed by atoms with van der Waals surface area (Å²) in [5.41, 5.74) is 9.94. The van der Waals surface area contributed by atoms with E-state index in [1.807, 2.05) is 24.3 Å². The minimum atomic E-state index is -0.684. The lowest BCUT2D eigenvalue weighted by Gasteiger charge is -2.09. The van der Waals surface area contributed by atoms with Crippen molar-refractivity contribution in [3.63, 3.8) is 0 Å². The highest BCUT2D eigenvalue weighted by atomic mass is 32.1. The molecule has 0 fully saturated rings. The molecule has 0 aliphatic carbocycles. The van der Waals surface area contributed by atoms with Crippen LogP contribution in [-0.4, -0.2) is 11.2 Å². The van der Waals surface area contributed by atoms with Crippen LogP contribution < -0.4 is 15.9 Å². The summed E-state index contributed by atoms with van der Waals surface area (Å²) >= 11 is 1.34. The predicted molar refractivity (Wildman–Crippen MR) is 94.9 cm³/mol. The summed E-state index contributed by atoms with van der Waals surface area (Å²) in [6, 6.07) is 10.5. The van der Waals surface area contributed by atoms with Gasteiger partial charge in [-0.1, -0.05) is 24.3 Å². The first-order valence-corrected chi connectivity index (χ1v) is 8.15. The fraction of sp³-hybridized carbons (Fsp3) is 0.0588. The van der Waals surface area contributed by atoms with Gasteiger partial charge < -0.3 is 10.5 Å². The van der Waals surface area contributed by atoms with E-state index in [9.17, 15) is 8.78 Å². The van der Waals surface area contributed by atoms with Gasteiger partial charge in [0.15, 0.2) is 0 Å². The smallest absolute Gasteiger partial charge is 0.205 e. The van der Waals surface area contributed by atoms with Crippen molar-refractivity contribution < 1.29 is 13.5 Å². The molecule has 1 heterocycles. The van der Waals surface area contributed by atoms with Crippen LogP contribution in [0.1, 0.15) is 11.1 Å². The zero-order valence-corrected chi connectivity index (χ0v) is 13.8. The number of nitrogens with one attached hydrogen (secondary N) is 1. The van der Waals surface area contributed by atoms with E-state index < -0.39 is 11.6 Å². The van der Waals surface area contributed by atoms with E-state index in [0.717, 1.165) is 29.3 Å². The topological polar surface area (TPSA) is 72.5 Å². The van der Waals surface area contributed by atoms with Gasteiger partial charge in [-0.2, -0.15) is 5.10 Å². The predicted octanol–water partition coefficient (Wildman–Crippen LogP) is 4.03. The molecule has 0 spiro atoms. The summed E-state index contributed by atoms with van der Waals surface area (Å²) in [6.45, 7) is 0.148. The summed E-state index contributed by atoms with van der Waals surface area (Å²) in [6.07, 6.45) is 1.61. The third-order valence-corrected chi connectivity index (χ3v) is 3.94. The molecule has 3 rings (SSSR count). The number of nitrogens with zero attached hydrogens (tertiary/aromatic N) is 2. The fourth-order valence-electron chi connectivity index (χ4n) is 2.06. The highest BCUT2D eigenvalue weighted by Gasteiger charge is 2.04. The molecule has 0 amide bonds. The highest BCUT2D eigenvalue weighted by Crippen LogP contribution is 2.18. The molecule has 25 heavy (non-hydrogen) atoms. The largest absolute Gasteiger partial charge is 0.489 e. The third-order valence-electron chi connectivity index (χ3n) is 3.17. The number of hydrazone groups is 1. The Morgan fingerprint density at radius 2 is 1.96 bits per heavy atom. The van der Waals surface area contributed by atoms with Crippen molar-refractivity contribution in [1.82, 2.24) is 4.98 Å². The number of nitrogens with two attached hydrogens (primary N) is 1. The minimum Gasteiger partial charge on any atom is -0.489 e. The maximum Gasteiger partial charge on any atom is 0.205 e. The summed E-state index contributed by atoms with van der Waals surface area (Å²) in [4.78, 5) is 4.03. The SMILES string of the molecule is Nc1csc(NN=Cc2ccccc2COc2cc(F)cc(F)c2)n1. The van der Waals surface area contributed by atoms with Crippen LogP contribution in [0.3, 0.4) is 0 Å².